The largest absolute Gasteiger partial charge is 0.376 e. The summed E-state index contributed by atoms with van der Waals surface area (Å²) in [7, 11) is 0. The topological polar surface area (TPSA) is 59.6 Å². The number of hydrogen-bond acceptors (Lipinski definition) is 2. The predicted octanol–water partition coefficient (Wildman–Crippen LogP) is 3.69. The van der Waals surface area contributed by atoms with Gasteiger partial charge in [0.15, 0.2) is 5.96 Å². The number of aliphatic imine (C=N–C) groups is 1. The number of hydrogen-bond donors (Lipinski definition) is 2. The monoisotopic (exact) mass is 431 g/mol. The lowest BCUT2D eigenvalue weighted by atomic mass is 9.96. The fourth-order valence-electron chi connectivity index (χ4n) is 2.76. The molecule has 3 N–H and O–H groups in total. The van der Waals surface area contributed by atoms with Crippen LogP contribution in [-0.2, 0) is 11.3 Å². The molecule has 2 rings (SSSR count). The van der Waals surface area contributed by atoms with Gasteiger partial charge >= 0.3 is 0 Å². The van der Waals surface area contributed by atoms with E-state index in [4.69, 9.17) is 10.5 Å². The molecule has 0 heterocycles. The second-order valence-corrected chi connectivity index (χ2v) is 6.31. The quantitative estimate of drug-likeness (QED) is 0.393. The van der Waals surface area contributed by atoms with Gasteiger partial charge in [0.25, 0.3) is 0 Å². The second-order valence-electron chi connectivity index (χ2n) is 6.31. The number of benzene rings is 1. The highest BCUT2D eigenvalue weighted by molar-refractivity contribution is 14.0. The van der Waals surface area contributed by atoms with Crippen LogP contribution in [0.25, 0.3) is 0 Å². The highest BCUT2D eigenvalue weighted by Gasteiger charge is 2.13. The maximum atomic E-state index is 5.97. The van der Waals surface area contributed by atoms with Crippen molar-refractivity contribution in [3.8, 4) is 0 Å². The van der Waals surface area contributed by atoms with E-state index in [0.717, 1.165) is 0 Å². The van der Waals surface area contributed by atoms with E-state index in [9.17, 15) is 0 Å². The zero-order valence-corrected chi connectivity index (χ0v) is 16.4. The molecule has 0 bridgehead atoms. The molecular weight excluding hydrogens is 401 g/mol. The van der Waals surface area contributed by atoms with Crippen molar-refractivity contribution in [3.05, 3.63) is 35.9 Å². The summed E-state index contributed by atoms with van der Waals surface area (Å²) in [6.45, 7) is 4.21. The standard InChI is InChI=1S/C18H29N3O.HI/c1-15(13-22-14-16-8-4-2-5-9-16)12-20-18(19)21-17-10-6-3-7-11-17;/h2,4-5,8-9,15,17H,3,6-7,10-14H2,1H3,(H3,19,20,21);1H. The highest BCUT2D eigenvalue weighted by Crippen LogP contribution is 2.17. The van der Waals surface area contributed by atoms with Gasteiger partial charge in [-0.3, -0.25) is 4.99 Å². The molecular formula is C18H30IN3O. The van der Waals surface area contributed by atoms with Gasteiger partial charge in [0.1, 0.15) is 0 Å². The van der Waals surface area contributed by atoms with Gasteiger partial charge in [-0.25, -0.2) is 0 Å². The first-order chi connectivity index (χ1) is 10.7. The molecule has 1 aromatic carbocycles. The Hall–Kier alpha value is -0.820. The number of halogens is 1. The fourth-order valence-corrected chi connectivity index (χ4v) is 2.76. The molecule has 0 aliphatic heterocycles. The van der Waals surface area contributed by atoms with Crippen molar-refractivity contribution >= 4 is 29.9 Å². The van der Waals surface area contributed by atoms with Crippen molar-refractivity contribution < 1.29 is 4.74 Å². The van der Waals surface area contributed by atoms with E-state index >= 15 is 0 Å². The van der Waals surface area contributed by atoms with E-state index in [1.165, 1.54) is 37.7 Å². The number of nitrogens with two attached hydrogens (primary N) is 1. The molecule has 1 aliphatic carbocycles. The SMILES string of the molecule is CC(CN=C(N)NC1CCCCC1)COCc1ccccc1.I. The maximum absolute atomic E-state index is 5.97. The Balaban J connectivity index is 0.00000264. The molecule has 1 saturated carbocycles. The van der Waals surface area contributed by atoms with Gasteiger partial charge in [-0.05, 0) is 24.3 Å². The molecule has 1 fully saturated rings. The zero-order valence-electron chi connectivity index (χ0n) is 14.0. The average Bonchev–Trinajstić information content (AvgIpc) is 2.55. The number of ether oxygens (including phenoxy) is 1. The fraction of sp³-hybridized carbons (Fsp3) is 0.611. The maximum Gasteiger partial charge on any atom is 0.188 e. The van der Waals surface area contributed by atoms with Crippen molar-refractivity contribution in [3.63, 3.8) is 0 Å². The van der Waals surface area contributed by atoms with Crippen LogP contribution in [0.3, 0.4) is 0 Å². The lowest BCUT2D eigenvalue weighted by Crippen LogP contribution is -2.41. The number of nitrogens with one attached hydrogen (secondary N) is 1. The van der Waals surface area contributed by atoms with Crippen LogP contribution in [0.4, 0.5) is 0 Å². The van der Waals surface area contributed by atoms with Gasteiger partial charge in [-0.2, -0.15) is 0 Å². The molecule has 0 radical (unpaired) electrons. The first-order valence-electron chi connectivity index (χ1n) is 8.42. The molecule has 1 aliphatic rings. The average molecular weight is 431 g/mol. The summed E-state index contributed by atoms with van der Waals surface area (Å²) in [4.78, 5) is 4.45. The van der Waals surface area contributed by atoms with Crippen molar-refractivity contribution in [2.45, 2.75) is 51.7 Å². The van der Waals surface area contributed by atoms with Crippen LogP contribution in [-0.4, -0.2) is 25.2 Å². The van der Waals surface area contributed by atoms with Crippen LogP contribution in [0.5, 0.6) is 0 Å². The molecule has 0 spiro atoms. The van der Waals surface area contributed by atoms with E-state index in [1.807, 2.05) is 18.2 Å². The van der Waals surface area contributed by atoms with E-state index in [0.29, 0.717) is 37.7 Å². The molecule has 23 heavy (non-hydrogen) atoms. The Labute approximate surface area is 157 Å². The molecule has 0 amide bonds. The van der Waals surface area contributed by atoms with Crippen molar-refractivity contribution in [1.82, 2.24) is 5.32 Å². The zero-order chi connectivity index (χ0) is 15.6. The highest BCUT2D eigenvalue weighted by atomic mass is 127. The Morgan fingerprint density at radius 2 is 1.96 bits per heavy atom. The lowest BCUT2D eigenvalue weighted by molar-refractivity contribution is 0.0945. The van der Waals surface area contributed by atoms with Gasteiger partial charge < -0.3 is 15.8 Å². The minimum atomic E-state index is 0. The summed E-state index contributed by atoms with van der Waals surface area (Å²) in [6.07, 6.45) is 6.38. The van der Waals surface area contributed by atoms with Gasteiger partial charge in [0, 0.05) is 12.6 Å². The summed E-state index contributed by atoms with van der Waals surface area (Å²) < 4.78 is 5.73. The molecule has 5 heteroatoms. The Bertz CT molecular complexity index is 447. The number of guanidine groups is 1. The summed E-state index contributed by atoms with van der Waals surface area (Å²) in [5.74, 6) is 0.956. The molecule has 1 aromatic rings. The van der Waals surface area contributed by atoms with E-state index in [2.05, 4.69) is 29.4 Å². The summed E-state index contributed by atoms with van der Waals surface area (Å²) in [5, 5.41) is 3.34. The van der Waals surface area contributed by atoms with Gasteiger partial charge in [-0.1, -0.05) is 56.5 Å². The summed E-state index contributed by atoms with van der Waals surface area (Å²) in [6, 6.07) is 10.8. The lowest BCUT2D eigenvalue weighted by Gasteiger charge is -2.23. The van der Waals surface area contributed by atoms with E-state index < -0.39 is 0 Å². The first-order valence-corrected chi connectivity index (χ1v) is 8.42. The van der Waals surface area contributed by atoms with Gasteiger partial charge in [0.05, 0.1) is 13.2 Å². The van der Waals surface area contributed by atoms with Gasteiger partial charge in [-0.15, -0.1) is 24.0 Å². The second kappa shape index (κ2) is 11.7. The van der Waals surface area contributed by atoms with E-state index in [1.54, 1.807) is 0 Å². The molecule has 1 atom stereocenters. The minimum Gasteiger partial charge on any atom is -0.376 e. The smallest absolute Gasteiger partial charge is 0.188 e. The summed E-state index contributed by atoms with van der Waals surface area (Å²) >= 11 is 0. The molecule has 4 nitrogen and oxygen atoms in total. The van der Waals surface area contributed by atoms with Crippen LogP contribution >= 0.6 is 24.0 Å². The van der Waals surface area contributed by atoms with Crippen LogP contribution < -0.4 is 11.1 Å². The Morgan fingerprint density at radius 1 is 1.26 bits per heavy atom. The summed E-state index contributed by atoms with van der Waals surface area (Å²) in [5.41, 5.74) is 7.18. The predicted molar refractivity (Wildman–Crippen MR) is 107 cm³/mol. The number of rotatable bonds is 7. The van der Waals surface area contributed by atoms with Crippen molar-refractivity contribution in [2.75, 3.05) is 13.2 Å². The van der Waals surface area contributed by atoms with Crippen molar-refractivity contribution in [1.29, 1.82) is 0 Å². The molecule has 0 saturated heterocycles. The Morgan fingerprint density at radius 3 is 2.65 bits per heavy atom. The van der Waals surface area contributed by atoms with Crippen molar-refractivity contribution in [2.24, 2.45) is 16.6 Å². The first kappa shape index (κ1) is 20.2. The van der Waals surface area contributed by atoms with E-state index in [-0.39, 0.29) is 24.0 Å². The molecule has 0 aromatic heterocycles. The number of nitrogens with zero attached hydrogens (tertiary/aromatic N) is 1. The molecule has 1 unspecified atom stereocenters. The third-order valence-corrected chi connectivity index (χ3v) is 4.04. The molecule has 130 valence electrons. The third-order valence-electron chi connectivity index (χ3n) is 4.04. The van der Waals surface area contributed by atoms with Crippen LogP contribution in [0.15, 0.2) is 35.3 Å². The van der Waals surface area contributed by atoms with Gasteiger partial charge in [0.2, 0.25) is 0 Å². The minimum absolute atomic E-state index is 0. The Kier molecular flexibility index (Phi) is 10.3. The van der Waals surface area contributed by atoms with Crippen LogP contribution in [0, 0.1) is 5.92 Å². The third kappa shape index (κ3) is 8.55. The van der Waals surface area contributed by atoms with Crippen LogP contribution in [0.1, 0.15) is 44.6 Å². The normalized spacial score (nSPS) is 17.3. The van der Waals surface area contributed by atoms with Crippen LogP contribution in [0.2, 0.25) is 0 Å².